The molecule has 3 aliphatic rings. The molecule has 12 aromatic rings. The Hall–Kier alpha value is -11.9. The van der Waals surface area contributed by atoms with E-state index in [9.17, 15) is 81.5 Å². The maximum Gasteiger partial charge on any atom is 0.416 e. The van der Waals surface area contributed by atoms with Crippen LogP contribution < -0.4 is 16.7 Å². The van der Waals surface area contributed by atoms with E-state index >= 15 is 0 Å². The van der Waals surface area contributed by atoms with Crippen LogP contribution in [0.15, 0.2) is 242 Å². The van der Waals surface area contributed by atoms with Gasteiger partial charge in [-0.25, -0.2) is 13.2 Å². The lowest BCUT2D eigenvalue weighted by Crippen LogP contribution is -2.40. The second-order valence-corrected chi connectivity index (χ2v) is 35.4. The molecule has 0 fully saturated rings. The Bertz CT molecular complexity index is 8110. The zero-order valence-corrected chi connectivity index (χ0v) is 81.0. The van der Waals surface area contributed by atoms with Crippen LogP contribution in [0.1, 0.15) is 192 Å². The number of amides is 3. The molecule has 3 heterocycles. The van der Waals surface area contributed by atoms with E-state index < -0.39 is 281 Å². The van der Waals surface area contributed by atoms with Crippen molar-refractivity contribution in [3.63, 3.8) is 0 Å². The minimum Gasteiger partial charge on any atom is -0.336 e. The summed E-state index contributed by atoms with van der Waals surface area (Å²) in [6.07, 6.45) is -28.1. The van der Waals surface area contributed by atoms with E-state index in [-0.39, 0.29) is 87.1 Å². The quantitative estimate of drug-likeness (QED) is 0.0202. The van der Waals surface area contributed by atoms with E-state index in [2.05, 4.69) is 15.0 Å². The van der Waals surface area contributed by atoms with Gasteiger partial charge in [0.25, 0.3) is 16.7 Å². The number of thioether (sulfide) groups is 3. The first kappa shape index (κ1) is 74.1. The van der Waals surface area contributed by atoms with Crippen LogP contribution in [0.3, 0.4) is 0 Å². The van der Waals surface area contributed by atoms with Gasteiger partial charge >= 0.3 is 18.5 Å². The maximum atomic E-state index is 14.7. The van der Waals surface area contributed by atoms with Crippen molar-refractivity contribution in [2.45, 2.75) is 197 Å². The molecular formula is C110H118F12N12O6S3. The van der Waals surface area contributed by atoms with Crippen molar-refractivity contribution in [1.29, 1.82) is 0 Å². The molecule has 3 aliphatic carbocycles. The molecule has 3 amide bonds. The average molecular weight is 2060 g/mol. The molecule has 0 N–H and O–H groups in total. The number of alkyl halides is 9. The summed E-state index contributed by atoms with van der Waals surface area (Å²) in [5.74, 6) is -7.14. The first-order valence-electron chi connectivity index (χ1n) is 59.9. The molecule has 1 unspecified atom stereocenters. The highest BCUT2D eigenvalue weighted by molar-refractivity contribution is 7.98. The third-order valence-corrected chi connectivity index (χ3v) is 26.2. The van der Waals surface area contributed by atoms with Crippen LogP contribution >= 0.6 is 35.3 Å². The number of rotatable bonds is 39. The molecule has 9 aromatic carbocycles. The minimum atomic E-state index is -5.14. The summed E-state index contributed by atoms with van der Waals surface area (Å²) in [6, 6.07) is 23.5. The lowest BCUT2D eigenvalue weighted by atomic mass is 9.98. The number of likely N-dealkylation sites (N-methyl/N-ethyl adjacent to an activating group) is 3. The Balaban J connectivity index is 0.000000213. The van der Waals surface area contributed by atoms with Gasteiger partial charge in [-0.3, -0.25) is 28.8 Å². The highest BCUT2D eigenvalue weighted by atomic mass is 32.2. The summed E-state index contributed by atoms with van der Waals surface area (Å²) < 4.78 is 419. The molecular weight excluding hydrogens is 1910 g/mol. The Morgan fingerprint density at radius 1 is 0.406 bits per heavy atom. The number of carbonyl (C=O) groups is 3. The molecule has 1 atom stereocenters. The third kappa shape index (κ3) is 29.5. The molecule has 0 aliphatic heterocycles. The van der Waals surface area contributed by atoms with Crippen LogP contribution in [0.2, 0.25) is 0 Å². The number of halogens is 12. The third-order valence-electron chi connectivity index (χ3n) is 23.1. The smallest absolute Gasteiger partial charge is 0.336 e. The average Bonchev–Trinajstić information content (AvgIpc) is 1.52. The number of nitrogens with zero attached hydrogens (tertiary/aromatic N) is 12. The number of carbonyl (C=O) groups excluding carboxylic acids is 3. The van der Waals surface area contributed by atoms with Crippen molar-refractivity contribution in [1.82, 2.24) is 58.1 Å². The van der Waals surface area contributed by atoms with E-state index in [4.69, 9.17) is 41.1 Å². The number of aromatic nitrogens is 6. The van der Waals surface area contributed by atoms with Crippen molar-refractivity contribution >= 4 is 53.0 Å². The van der Waals surface area contributed by atoms with Crippen LogP contribution in [0.25, 0.3) is 33.4 Å². The van der Waals surface area contributed by atoms with Crippen molar-refractivity contribution < 1.29 is 108 Å². The standard InChI is InChI=1S/2C37H40F4N4O2S.C36H38F4N4O2S/c1-4-43(5-2)18-19-44(22-26-6-10-28(11-7-26)29-12-14-30(15-13-29)37(39,40)41)34(46)23-45-33-21-25(3)20-32(33)35(47)42-36(45)48-24-27-8-16-31(38)17-9-27;1-4-43(5-2)19-20-44(22-26-9-13-28(14-10-26)29-15-18-32(25(3)21-29)37(39,40)41)34(46)23-45-33-8-6-7-31(33)35(47)42-36(45)48-24-27-11-16-30(38)17-12-27;1-3-42(4-2)20-21-43(22-25-8-12-27(13-9-25)28-14-16-29(17-15-28)36(38,39)40)33(45)23-44-32-7-5-6-31(32)34(46)41-35(44)47-24-26-10-18-30(37)19-11-26/h6-17,25H,4-5,18-24H2,1-3H3;9-18,21H,4-8,19-20,22-24H2,1-3H3;8-19H,3-7,20-24H2,1-2H3/i4D2,5D2,20D2,21D2,25D;6D2,7D2,8D2,9D,10D,11D,12D,13D,14D,15D,16D,17D,18D,21D;3D2,4D2. The van der Waals surface area contributed by atoms with Gasteiger partial charge < -0.3 is 43.1 Å². The molecule has 143 heavy (non-hydrogen) atoms. The van der Waals surface area contributed by atoms with Crippen LogP contribution in [0.5, 0.6) is 0 Å². The molecule has 756 valence electrons. The van der Waals surface area contributed by atoms with E-state index in [1.165, 1.54) is 96.1 Å². The Morgan fingerprint density at radius 3 is 1.21 bits per heavy atom. The SMILES string of the molecule is [2H]C([2H])(C)N(CCN(Cc1ccc(-c2ccc(C(F)(F)F)cc2)cc1)C(=O)Cn1c(SCc2ccc(F)cc2)nc(=O)c2c1C([2H])([2H])C([2H])(C)C2([2H])[2H])C([2H])([2H])C.[2H]C([2H])(C)N(CCN(Cc1ccc(-c2ccc(C(F)(F)F)cc2)cc1)C(=O)Cn1c(SCc2ccc(F)cc2)nc(=O)c2c1CCC2)C([2H])([2H])C.[2H]c1c([2H])c(CSc2nc(=O)c3c(n2CC(=O)N(CCN(CC)CC)Cc2c([2H])c([2H])c(-c4c([2H])c([2H])c(C(F)(F)F)c(C)c4[2H])c([2H])c2[2H])C([2H])([2H])C([2H])([2H])C3([2H])[2H])c([2H])c([2H])c1F. The second kappa shape index (κ2) is 50.1. The van der Waals surface area contributed by atoms with Crippen molar-refractivity contribution in [2.75, 3.05) is 78.3 Å². The molecule has 0 saturated heterocycles. The topological polar surface area (TPSA) is 175 Å². The van der Waals surface area contributed by atoms with Crippen molar-refractivity contribution in [3.05, 3.63) is 350 Å². The fourth-order valence-corrected chi connectivity index (χ4v) is 18.1. The largest absolute Gasteiger partial charge is 0.416 e. The van der Waals surface area contributed by atoms with E-state index in [1.54, 1.807) is 79.1 Å². The highest BCUT2D eigenvalue weighted by Gasteiger charge is 2.36. The van der Waals surface area contributed by atoms with Gasteiger partial charge in [0.2, 0.25) is 17.7 Å². The molecule has 0 bridgehead atoms. The number of hydrogen-bond acceptors (Lipinski definition) is 15. The first-order valence-corrected chi connectivity index (χ1v) is 47.8. The normalized spacial score (nSPS) is 19.1. The molecule has 3 aromatic heterocycles. The van der Waals surface area contributed by atoms with Crippen LogP contribution in [0.4, 0.5) is 52.7 Å². The Kier molecular flexibility index (Phi) is 25.9. The Morgan fingerprint density at radius 2 is 0.783 bits per heavy atom. The predicted octanol–water partition coefficient (Wildman–Crippen LogP) is 22.2. The summed E-state index contributed by atoms with van der Waals surface area (Å²) in [7, 11) is 0. The van der Waals surface area contributed by atoms with E-state index in [0.29, 0.717) is 97.7 Å². The number of fused-ring (bicyclic) bond motifs is 3. The van der Waals surface area contributed by atoms with Gasteiger partial charge in [-0.15, -0.1) is 0 Å². The molecule has 0 radical (unpaired) electrons. The lowest BCUT2D eigenvalue weighted by Gasteiger charge is -2.28. The van der Waals surface area contributed by atoms with Crippen LogP contribution in [-0.2, 0) is 128 Å². The summed E-state index contributed by atoms with van der Waals surface area (Å²) in [6.45, 7) is -0.934. The summed E-state index contributed by atoms with van der Waals surface area (Å²) >= 11 is 2.62. The maximum absolute atomic E-state index is 14.7. The molecule has 15 rings (SSSR count). The van der Waals surface area contributed by atoms with Gasteiger partial charge in [-0.2, -0.15) is 54.5 Å². The van der Waals surface area contributed by atoms with Gasteiger partial charge in [0.15, 0.2) is 15.5 Å². The van der Waals surface area contributed by atoms with Gasteiger partial charge in [0, 0.05) is 136 Å². The summed E-state index contributed by atoms with van der Waals surface area (Å²) in [5.41, 5.74) is -6.30. The highest BCUT2D eigenvalue weighted by Crippen LogP contribution is 2.39. The van der Waals surface area contributed by atoms with E-state index in [0.717, 1.165) is 101 Å². The van der Waals surface area contributed by atoms with Crippen molar-refractivity contribution in [2.24, 2.45) is 5.89 Å². The minimum absolute atomic E-state index is 0.0337. The lowest BCUT2D eigenvalue weighted by molar-refractivity contribution is -0.138. The fraction of sp³-hybridized carbons (Fsp3) is 0.373. The molecule has 0 spiro atoms. The van der Waals surface area contributed by atoms with Gasteiger partial charge in [0.1, 0.15) is 37.1 Å². The fourth-order valence-electron chi connectivity index (χ4n) is 15.4. The second-order valence-electron chi connectivity index (χ2n) is 32.6. The monoisotopic (exact) mass is 2060 g/mol. The molecule has 33 heteroatoms. The number of benzene rings is 9. The predicted molar refractivity (Wildman–Crippen MR) is 539 cm³/mol. The summed E-state index contributed by atoms with van der Waals surface area (Å²) in [4.78, 5) is 103. The van der Waals surface area contributed by atoms with Gasteiger partial charge in [-0.1, -0.05) is 229 Å². The molecule has 0 saturated carbocycles. The number of hydrogen-bond donors (Lipinski definition) is 0. The van der Waals surface area contributed by atoms with E-state index in [1.807, 2.05) is 4.90 Å². The zero-order valence-electron chi connectivity index (χ0n) is 109. The van der Waals surface area contributed by atoms with Crippen molar-refractivity contribution in [3.8, 4) is 33.4 Å². The summed E-state index contributed by atoms with van der Waals surface area (Å²) in [5, 5.41) is -0.419. The zero-order chi connectivity index (χ0) is 129. The Labute approximate surface area is 880 Å². The van der Waals surface area contributed by atoms with Gasteiger partial charge in [-0.05, 0) is 242 Å². The van der Waals surface area contributed by atoms with Crippen LogP contribution in [-0.4, -0.2) is 154 Å². The molecule has 18 nitrogen and oxygen atoms in total. The van der Waals surface area contributed by atoms with Gasteiger partial charge in [0.05, 0.1) is 31.8 Å². The first-order chi connectivity index (χ1) is 79.9. The van der Waals surface area contributed by atoms with Crippen LogP contribution in [0, 0.1) is 30.3 Å².